The van der Waals surface area contributed by atoms with Gasteiger partial charge in [0.1, 0.15) is 10.8 Å². The second-order valence-corrected chi connectivity index (χ2v) is 5.94. The maximum Gasteiger partial charge on any atom is 0.261 e. The molecule has 0 aliphatic carbocycles. The van der Waals surface area contributed by atoms with Crippen LogP contribution in [0.4, 0.5) is 5.00 Å². The lowest BCUT2D eigenvalue weighted by atomic mass is 10.1. The summed E-state index contributed by atoms with van der Waals surface area (Å²) < 4.78 is 0. The first-order chi connectivity index (χ1) is 11.1. The molecule has 0 spiro atoms. The highest BCUT2D eigenvalue weighted by molar-refractivity contribution is 7.18. The molecule has 1 aliphatic heterocycles. The molecule has 0 unspecified atom stereocenters. The Bertz CT molecular complexity index is 817. The molecular formula is C15H15N5O2S. The number of nitrogens with one attached hydrogen (secondary N) is 3. The monoisotopic (exact) mass is 329 g/mol. The molecule has 2 aromatic heterocycles. The van der Waals surface area contributed by atoms with Gasteiger partial charge in [0.15, 0.2) is 0 Å². The molecular weight excluding hydrogens is 314 g/mol. The molecule has 118 valence electrons. The van der Waals surface area contributed by atoms with Gasteiger partial charge in [-0.2, -0.15) is 0 Å². The van der Waals surface area contributed by atoms with Gasteiger partial charge in [-0.1, -0.05) is 0 Å². The third-order valence-corrected chi connectivity index (χ3v) is 4.41. The summed E-state index contributed by atoms with van der Waals surface area (Å²) in [7, 11) is 1.56. The summed E-state index contributed by atoms with van der Waals surface area (Å²) in [6.07, 6.45) is 3.55. The first-order valence-electron chi connectivity index (χ1n) is 6.88. The van der Waals surface area contributed by atoms with Crippen LogP contribution in [0.15, 0.2) is 29.4 Å². The van der Waals surface area contributed by atoms with Gasteiger partial charge >= 0.3 is 0 Å². The Balaban J connectivity index is 1.83. The van der Waals surface area contributed by atoms with Crippen LogP contribution in [0.2, 0.25) is 0 Å². The molecule has 2 amide bonds. The fourth-order valence-electron chi connectivity index (χ4n) is 2.16. The molecule has 0 radical (unpaired) electrons. The van der Waals surface area contributed by atoms with Gasteiger partial charge in [-0.05, 0) is 24.3 Å². The number of H-pyrrole nitrogens is 1. The number of rotatable bonds is 4. The summed E-state index contributed by atoms with van der Waals surface area (Å²) in [5.74, 6) is -0.0669. The van der Waals surface area contributed by atoms with Crippen molar-refractivity contribution in [1.29, 1.82) is 0 Å². The van der Waals surface area contributed by atoms with Crippen molar-refractivity contribution in [2.24, 2.45) is 10.7 Å². The molecule has 0 fully saturated rings. The number of anilines is 1. The van der Waals surface area contributed by atoms with Crippen molar-refractivity contribution in [3.8, 4) is 0 Å². The van der Waals surface area contributed by atoms with Gasteiger partial charge in [0.05, 0.1) is 17.0 Å². The van der Waals surface area contributed by atoms with Crippen molar-refractivity contribution in [1.82, 2.24) is 10.3 Å². The van der Waals surface area contributed by atoms with E-state index in [1.54, 1.807) is 25.4 Å². The quantitative estimate of drug-likeness (QED) is 0.385. The lowest BCUT2D eigenvalue weighted by Gasteiger charge is -2.02. The van der Waals surface area contributed by atoms with E-state index in [0.29, 0.717) is 21.3 Å². The second-order valence-electron chi connectivity index (χ2n) is 4.89. The maximum absolute atomic E-state index is 12.1. The number of carbonyl (C=O) groups is 2. The van der Waals surface area contributed by atoms with Crippen molar-refractivity contribution < 1.29 is 9.59 Å². The van der Waals surface area contributed by atoms with Crippen LogP contribution in [0, 0.1) is 0 Å². The van der Waals surface area contributed by atoms with E-state index in [2.05, 4.69) is 20.6 Å². The molecule has 0 bridgehead atoms. The number of carbonyl (C=O) groups excluding carboxylic acids is 2. The normalized spacial score (nSPS) is 15.6. The average molecular weight is 329 g/mol. The van der Waals surface area contributed by atoms with Gasteiger partial charge in [0, 0.05) is 24.5 Å². The largest absolute Gasteiger partial charge is 0.386 e. The smallest absolute Gasteiger partial charge is 0.261 e. The second kappa shape index (κ2) is 6.09. The van der Waals surface area contributed by atoms with Crippen molar-refractivity contribution in [2.45, 2.75) is 0 Å². The first kappa shape index (κ1) is 15.0. The number of amides is 2. The van der Waals surface area contributed by atoms with Crippen LogP contribution in [0.25, 0.3) is 11.6 Å². The number of hydrogen-bond acceptors (Lipinski definition) is 4. The molecule has 0 saturated carbocycles. The molecule has 23 heavy (non-hydrogen) atoms. The Kier molecular flexibility index (Phi) is 3.98. The number of aliphatic imine (C=N–C) groups is 1. The van der Waals surface area contributed by atoms with E-state index in [1.807, 2.05) is 12.1 Å². The van der Waals surface area contributed by atoms with Gasteiger partial charge in [0.25, 0.3) is 11.8 Å². The fourth-order valence-corrected chi connectivity index (χ4v) is 3.14. The summed E-state index contributed by atoms with van der Waals surface area (Å²) >= 11 is 1.23. The van der Waals surface area contributed by atoms with Gasteiger partial charge < -0.3 is 21.4 Å². The lowest BCUT2D eigenvalue weighted by Crippen LogP contribution is -2.33. The van der Waals surface area contributed by atoms with Gasteiger partial charge in [-0.25, -0.2) is 0 Å². The Morgan fingerprint density at radius 3 is 3.04 bits per heavy atom. The number of fused-ring (bicyclic) bond motifs is 1. The Hall–Kier alpha value is -2.87. The predicted octanol–water partition coefficient (Wildman–Crippen LogP) is 1.29. The highest BCUT2D eigenvalue weighted by atomic mass is 32.1. The minimum absolute atomic E-state index is 0.171. The SMILES string of the molecule is CN=C(N)CNC(=O)c1cc2c(s1)NC(=O)/C2=C\c1ccc[nH]1. The minimum atomic E-state index is -0.246. The summed E-state index contributed by atoms with van der Waals surface area (Å²) in [6, 6.07) is 5.43. The van der Waals surface area contributed by atoms with Crippen LogP contribution < -0.4 is 16.4 Å². The third-order valence-electron chi connectivity index (χ3n) is 3.36. The first-order valence-corrected chi connectivity index (χ1v) is 7.70. The van der Waals surface area contributed by atoms with E-state index in [9.17, 15) is 9.59 Å². The molecule has 8 heteroatoms. The Morgan fingerprint density at radius 2 is 2.35 bits per heavy atom. The molecule has 7 nitrogen and oxygen atoms in total. The zero-order chi connectivity index (χ0) is 16.4. The fraction of sp³-hybridized carbons (Fsp3) is 0.133. The van der Waals surface area contributed by atoms with Gasteiger partial charge in [-0.3, -0.25) is 14.6 Å². The molecule has 3 rings (SSSR count). The van der Waals surface area contributed by atoms with E-state index < -0.39 is 0 Å². The summed E-state index contributed by atoms with van der Waals surface area (Å²) in [5.41, 5.74) is 7.65. The number of aromatic nitrogens is 1. The number of amidine groups is 1. The van der Waals surface area contributed by atoms with Crippen LogP contribution in [-0.2, 0) is 4.79 Å². The van der Waals surface area contributed by atoms with Crippen molar-refractivity contribution in [3.05, 3.63) is 40.5 Å². The molecule has 0 saturated heterocycles. The topological polar surface area (TPSA) is 112 Å². The molecule has 0 atom stereocenters. The Morgan fingerprint density at radius 1 is 1.52 bits per heavy atom. The van der Waals surface area contributed by atoms with E-state index in [1.165, 1.54) is 11.3 Å². The number of nitrogens with zero attached hydrogens (tertiary/aromatic N) is 1. The van der Waals surface area contributed by atoms with Crippen molar-refractivity contribution in [3.63, 3.8) is 0 Å². The minimum Gasteiger partial charge on any atom is -0.386 e. The van der Waals surface area contributed by atoms with Crippen LogP contribution in [-0.4, -0.2) is 36.2 Å². The molecule has 2 aromatic rings. The zero-order valence-corrected chi connectivity index (χ0v) is 13.2. The van der Waals surface area contributed by atoms with Crippen LogP contribution >= 0.6 is 11.3 Å². The summed E-state index contributed by atoms with van der Waals surface area (Å²) in [4.78, 5) is 31.5. The number of nitrogens with two attached hydrogens (primary N) is 1. The number of hydrogen-bond donors (Lipinski definition) is 4. The van der Waals surface area contributed by atoms with E-state index in [0.717, 1.165) is 11.3 Å². The molecule has 3 heterocycles. The highest BCUT2D eigenvalue weighted by Crippen LogP contribution is 2.39. The van der Waals surface area contributed by atoms with Crippen molar-refractivity contribution in [2.75, 3.05) is 18.9 Å². The zero-order valence-electron chi connectivity index (χ0n) is 12.3. The summed E-state index contributed by atoms with van der Waals surface area (Å²) in [6.45, 7) is 0.190. The van der Waals surface area contributed by atoms with Gasteiger partial charge in [-0.15, -0.1) is 11.3 Å². The van der Waals surface area contributed by atoms with Crippen LogP contribution in [0.1, 0.15) is 20.9 Å². The molecule has 0 aromatic carbocycles. The summed E-state index contributed by atoms with van der Waals surface area (Å²) in [5, 5.41) is 6.14. The maximum atomic E-state index is 12.1. The number of aromatic amines is 1. The lowest BCUT2D eigenvalue weighted by molar-refractivity contribution is -0.110. The average Bonchev–Trinajstić information content (AvgIpc) is 3.24. The van der Waals surface area contributed by atoms with E-state index in [4.69, 9.17) is 5.73 Å². The third kappa shape index (κ3) is 3.02. The Labute approximate surface area is 136 Å². The van der Waals surface area contributed by atoms with Gasteiger partial charge in [0.2, 0.25) is 0 Å². The van der Waals surface area contributed by atoms with Crippen LogP contribution in [0.3, 0.4) is 0 Å². The van der Waals surface area contributed by atoms with E-state index >= 15 is 0 Å². The van der Waals surface area contributed by atoms with Crippen LogP contribution in [0.5, 0.6) is 0 Å². The molecule has 5 N–H and O–H groups in total. The number of thiophene rings is 1. The standard InChI is InChI=1S/C15H15N5O2S/c1-17-12(16)7-19-14(22)11-6-10-9(5-8-3-2-4-18-8)13(21)20-15(10)23-11/h2-6,18H,7H2,1H3,(H2,16,17)(H,19,22)(H,20,21)/b9-5-. The van der Waals surface area contributed by atoms with Crippen molar-refractivity contribution >= 4 is 45.6 Å². The van der Waals surface area contributed by atoms with E-state index in [-0.39, 0.29) is 18.4 Å². The predicted molar refractivity (Wildman–Crippen MR) is 91.5 cm³/mol. The highest BCUT2D eigenvalue weighted by Gasteiger charge is 2.28. The molecule has 1 aliphatic rings.